The maximum absolute atomic E-state index is 12.7. The molecular weight excluding hydrogens is 292 g/mol. The van der Waals surface area contributed by atoms with Gasteiger partial charge in [-0.2, -0.15) is 0 Å². The quantitative estimate of drug-likeness (QED) is 0.876. The highest BCUT2D eigenvalue weighted by Gasteiger charge is 2.35. The maximum atomic E-state index is 12.7. The summed E-state index contributed by atoms with van der Waals surface area (Å²) in [4.78, 5) is 26.6. The van der Waals surface area contributed by atoms with Crippen LogP contribution in [-0.4, -0.2) is 16.9 Å². The largest absolute Gasteiger partial charge is 0.481 e. The number of carbonyl (C=O) groups excluding carboxylic acids is 1. The molecule has 0 bridgehead atoms. The summed E-state index contributed by atoms with van der Waals surface area (Å²) < 4.78 is 0. The molecule has 0 saturated heterocycles. The van der Waals surface area contributed by atoms with Crippen LogP contribution in [0.4, 0.5) is 0 Å². The Bertz CT molecular complexity index is 668. The first kappa shape index (κ1) is 13.5. The number of thiophene rings is 2. The number of aryl methyl sites for hydroxylation is 1. The number of hydrogen-bond acceptors (Lipinski definition) is 4. The molecule has 2 aromatic heterocycles. The Morgan fingerprint density at radius 1 is 1.45 bits per heavy atom. The van der Waals surface area contributed by atoms with Crippen molar-refractivity contribution in [2.75, 3.05) is 0 Å². The number of carbonyl (C=O) groups is 2. The van der Waals surface area contributed by atoms with E-state index < -0.39 is 11.9 Å². The van der Waals surface area contributed by atoms with Crippen LogP contribution in [0.5, 0.6) is 0 Å². The van der Waals surface area contributed by atoms with E-state index in [9.17, 15) is 14.7 Å². The lowest BCUT2D eigenvalue weighted by Gasteiger charge is -2.03. The lowest BCUT2D eigenvalue weighted by molar-refractivity contribution is -0.138. The Hall–Kier alpha value is -1.46. The summed E-state index contributed by atoms with van der Waals surface area (Å²) in [6.45, 7) is 2.02. The molecule has 104 valence electrons. The highest BCUT2D eigenvalue weighted by atomic mass is 32.1. The molecule has 20 heavy (non-hydrogen) atoms. The topological polar surface area (TPSA) is 54.4 Å². The highest BCUT2D eigenvalue weighted by molar-refractivity contribution is 7.14. The molecule has 2 aromatic rings. The Kier molecular flexibility index (Phi) is 3.48. The van der Waals surface area contributed by atoms with Crippen LogP contribution in [0.1, 0.15) is 49.8 Å². The fourth-order valence-corrected chi connectivity index (χ4v) is 4.85. The molecule has 0 amide bonds. The number of carboxylic acid groups (broad SMARTS) is 1. The minimum Gasteiger partial charge on any atom is -0.481 e. The molecule has 5 heteroatoms. The Morgan fingerprint density at radius 3 is 2.85 bits per heavy atom. The van der Waals surface area contributed by atoms with Crippen molar-refractivity contribution in [2.45, 2.75) is 32.1 Å². The molecule has 0 saturated carbocycles. The minimum absolute atomic E-state index is 0.0559. The number of aliphatic carboxylic acids is 1. The molecule has 3 rings (SSSR count). The Labute approximate surface area is 124 Å². The molecule has 0 fully saturated rings. The van der Waals surface area contributed by atoms with Crippen molar-refractivity contribution in [3.63, 3.8) is 0 Å². The van der Waals surface area contributed by atoms with Crippen molar-refractivity contribution < 1.29 is 14.7 Å². The number of rotatable bonds is 4. The van der Waals surface area contributed by atoms with Crippen LogP contribution in [0.2, 0.25) is 0 Å². The van der Waals surface area contributed by atoms with Crippen LogP contribution in [0.15, 0.2) is 17.5 Å². The van der Waals surface area contributed by atoms with E-state index >= 15 is 0 Å². The molecule has 1 atom stereocenters. The molecule has 0 spiro atoms. The highest BCUT2D eigenvalue weighted by Crippen LogP contribution is 2.43. The van der Waals surface area contributed by atoms with Gasteiger partial charge in [0.2, 0.25) is 5.78 Å². The maximum Gasteiger partial charge on any atom is 0.311 e. The summed E-state index contributed by atoms with van der Waals surface area (Å²) in [5.74, 6) is -1.15. The predicted molar refractivity (Wildman–Crippen MR) is 80.1 cm³/mol. The third-order valence-electron chi connectivity index (χ3n) is 3.70. The minimum atomic E-state index is -0.775. The first-order valence-electron chi connectivity index (χ1n) is 6.59. The molecule has 1 N–H and O–H groups in total. The van der Waals surface area contributed by atoms with E-state index in [1.54, 1.807) is 0 Å². The zero-order valence-corrected chi connectivity index (χ0v) is 12.6. The lowest BCUT2D eigenvalue weighted by Crippen LogP contribution is -2.06. The van der Waals surface area contributed by atoms with Gasteiger partial charge >= 0.3 is 5.97 Å². The molecule has 1 unspecified atom stereocenters. The van der Waals surface area contributed by atoms with Crippen LogP contribution < -0.4 is 0 Å². The van der Waals surface area contributed by atoms with Crippen molar-refractivity contribution in [1.29, 1.82) is 0 Å². The van der Waals surface area contributed by atoms with Crippen LogP contribution in [0.3, 0.4) is 0 Å². The van der Waals surface area contributed by atoms with Crippen molar-refractivity contribution in [3.05, 3.63) is 43.3 Å². The Balaban J connectivity index is 2.10. The fraction of sp³-hybridized carbons (Fsp3) is 0.333. The summed E-state index contributed by atoms with van der Waals surface area (Å²) >= 11 is 2.95. The van der Waals surface area contributed by atoms with E-state index in [2.05, 4.69) is 0 Å². The van der Waals surface area contributed by atoms with Gasteiger partial charge in [0, 0.05) is 15.3 Å². The van der Waals surface area contributed by atoms with E-state index in [0.29, 0.717) is 12.8 Å². The molecule has 1 aliphatic carbocycles. The number of carboxylic acids is 1. The first-order chi connectivity index (χ1) is 9.63. The van der Waals surface area contributed by atoms with E-state index in [1.165, 1.54) is 22.7 Å². The third kappa shape index (κ3) is 2.01. The second-order valence-electron chi connectivity index (χ2n) is 4.83. The average Bonchev–Trinajstić information content (AvgIpc) is 3.12. The molecule has 0 radical (unpaired) electrons. The fourth-order valence-electron chi connectivity index (χ4n) is 2.77. The second-order valence-corrected chi connectivity index (χ2v) is 6.92. The monoisotopic (exact) mass is 306 g/mol. The van der Waals surface area contributed by atoms with Gasteiger partial charge in [0.25, 0.3) is 0 Å². The van der Waals surface area contributed by atoms with Crippen molar-refractivity contribution in [2.24, 2.45) is 0 Å². The van der Waals surface area contributed by atoms with Crippen LogP contribution in [-0.2, 0) is 17.6 Å². The average molecular weight is 306 g/mol. The molecule has 0 aliphatic heterocycles. The predicted octanol–water partition coefficient (Wildman–Crippen LogP) is 3.72. The molecule has 2 heterocycles. The third-order valence-corrected chi connectivity index (χ3v) is 6.06. The van der Waals surface area contributed by atoms with Crippen molar-refractivity contribution in [1.82, 2.24) is 0 Å². The van der Waals surface area contributed by atoms with Gasteiger partial charge in [-0.15, -0.1) is 22.7 Å². The molecule has 0 aromatic carbocycles. The van der Waals surface area contributed by atoms with Crippen LogP contribution in [0.25, 0.3) is 0 Å². The Morgan fingerprint density at radius 2 is 2.25 bits per heavy atom. The van der Waals surface area contributed by atoms with Gasteiger partial charge in [-0.3, -0.25) is 9.59 Å². The van der Waals surface area contributed by atoms with E-state index in [-0.39, 0.29) is 5.78 Å². The van der Waals surface area contributed by atoms with Gasteiger partial charge < -0.3 is 5.11 Å². The normalized spacial score (nSPS) is 17.1. The molecular formula is C15H14O3S2. The van der Waals surface area contributed by atoms with Crippen LogP contribution >= 0.6 is 22.7 Å². The zero-order valence-electron chi connectivity index (χ0n) is 11.0. The van der Waals surface area contributed by atoms with Crippen LogP contribution in [0, 0.1) is 0 Å². The molecule has 3 nitrogen and oxygen atoms in total. The number of fused-ring (bicyclic) bond motifs is 1. The van der Waals surface area contributed by atoms with Crippen molar-refractivity contribution >= 4 is 34.4 Å². The molecule has 1 aliphatic rings. The van der Waals surface area contributed by atoms with Crippen molar-refractivity contribution in [3.8, 4) is 0 Å². The second kappa shape index (κ2) is 5.14. The van der Waals surface area contributed by atoms with Gasteiger partial charge in [-0.25, -0.2) is 0 Å². The first-order valence-corrected chi connectivity index (χ1v) is 8.28. The zero-order chi connectivity index (χ0) is 14.3. The number of hydrogen-bond donors (Lipinski definition) is 1. The van der Waals surface area contributed by atoms with Gasteiger partial charge in [0.05, 0.1) is 10.8 Å². The number of ketones is 1. The summed E-state index contributed by atoms with van der Waals surface area (Å²) in [5, 5.41) is 11.2. The van der Waals surface area contributed by atoms with Gasteiger partial charge in [0.1, 0.15) is 0 Å². The van der Waals surface area contributed by atoms with Gasteiger partial charge in [-0.1, -0.05) is 13.0 Å². The summed E-state index contributed by atoms with van der Waals surface area (Å²) in [7, 11) is 0. The summed E-state index contributed by atoms with van der Waals surface area (Å²) in [5.41, 5.74) is 1.76. The standard InChI is InChI=1S/C15H14O3S2/c1-2-10-12(13(16)11-4-3-7-19-11)8-5-6-9(15(17)18)14(8)20-10/h3-4,7,9H,2,5-6H2,1H3,(H,17,18). The van der Waals surface area contributed by atoms with E-state index in [1.807, 2.05) is 24.4 Å². The smallest absolute Gasteiger partial charge is 0.311 e. The summed E-state index contributed by atoms with van der Waals surface area (Å²) in [6, 6.07) is 3.70. The lowest BCUT2D eigenvalue weighted by atomic mass is 10.0. The van der Waals surface area contributed by atoms with Gasteiger partial charge in [-0.05, 0) is 36.3 Å². The summed E-state index contributed by atoms with van der Waals surface area (Å²) in [6.07, 6.45) is 2.09. The SMILES string of the molecule is CCc1sc2c(c1C(=O)c1cccs1)CCC2C(=O)O. The van der Waals surface area contributed by atoms with Gasteiger partial charge in [0.15, 0.2) is 0 Å². The van der Waals surface area contributed by atoms with E-state index in [4.69, 9.17) is 0 Å². The van der Waals surface area contributed by atoms with E-state index in [0.717, 1.165) is 32.2 Å².